The van der Waals surface area contributed by atoms with Crippen molar-refractivity contribution < 1.29 is 9.53 Å². The van der Waals surface area contributed by atoms with Gasteiger partial charge in [0.05, 0.1) is 28.8 Å². The van der Waals surface area contributed by atoms with Crippen molar-refractivity contribution in [3.05, 3.63) is 35.3 Å². The molecular weight excluding hydrogens is 222 g/mol. The zero-order valence-electron chi connectivity index (χ0n) is 9.06. The van der Waals surface area contributed by atoms with Crippen molar-refractivity contribution >= 4 is 17.1 Å². The monoisotopic (exact) mass is 233 g/mol. The molecule has 0 unspecified atom stereocenters. The zero-order valence-corrected chi connectivity index (χ0v) is 9.88. The van der Waals surface area contributed by atoms with Crippen LogP contribution in [-0.4, -0.2) is 17.9 Å². The number of Topliss-reactive ketones (excluding diaryl/α,β-unsaturated/α-hetero) is 1. The highest BCUT2D eigenvalue weighted by atomic mass is 32.1. The van der Waals surface area contributed by atoms with Gasteiger partial charge >= 0.3 is 0 Å². The summed E-state index contributed by atoms with van der Waals surface area (Å²) >= 11 is 1.45. The molecule has 82 valence electrons. The van der Waals surface area contributed by atoms with E-state index in [4.69, 9.17) is 4.74 Å². The maximum absolute atomic E-state index is 11.2. The number of carbonyl (C=O) groups is 1. The molecule has 0 atom stereocenters. The lowest BCUT2D eigenvalue weighted by atomic mass is 10.3. The molecule has 0 N–H and O–H groups in total. The van der Waals surface area contributed by atoms with Gasteiger partial charge in [-0.15, -0.1) is 11.3 Å². The first-order valence-electron chi connectivity index (χ1n) is 4.82. The number of ketones is 1. The molecule has 4 heteroatoms. The second kappa shape index (κ2) is 4.45. The summed E-state index contributed by atoms with van der Waals surface area (Å²) in [5, 5.41) is 0. The molecule has 0 aliphatic rings. The highest BCUT2D eigenvalue weighted by Gasteiger charge is 2.06. The van der Waals surface area contributed by atoms with Gasteiger partial charge in [-0.3, -0.25) is 9.78 Å². The van der Waals surface area contributed by atoms with Crippen LogP contribution in [-0.2, 0) is 0 Å². The summed E-state index contributed by atoms with van der Waals surface area (Å²) in [4.78, 5) is 17.2. The number of hydrogen-bond donors (Lipinski definition) is 0. The Balaban J connectivity index is 2.31. The number of nitrogens with zero attached hydrogens (tertiary/aromatic N) is 1. The Hall–Kier alpha value is -1.68. The van der Waals surface area contributed by atoms with E-state index in [0.717, 1.165) is 21.2 Å². The Morgan fingerprint density at radius 3 is 2.62 bits per heavy atom. The molecule has 16 heavy (non-hydrogen) atoms. The van der Waals surface area contributed by atoms with Crippen LogP contribution >= 0.6 is 11.3 Å². The summed E-state index contributed by atoms with van der Waals surface area (Å²) in [6.07, 6.45) is 1.67. The highest BCUT2D eigenvalue weighted by Crippen LogP contribution is 2.27. The number of ether oxygens (including phenoxy) is 1. The molecule has 0 spiro atoms. The highest BCUT2D eigenvalue weighted by molar-refractivity contribution is 7.17. The van der Waals surface area contributed by atoms with E-state index in [1.165, 1.54) is 11.3 Å². The fourth-order valence-corrected chi connectivity index (χ4v) is 2.19. The molecule has 0 fully saturated rings. The number of hydrogen-bond acceptors (Lipinski definition) is 4. The average molecular weight is 233 g/mol. The smallest absolute Gasteiger partial charge is 0.169 e. The van der Waals surface area contributed by atoms with E-state index in [1.807, 2.05) is 24.3 Å². The zero-order chi connectivity index (χ0) is 11.5. The Morgan fingerprint density at radius 1 is 1.31 bits per heavy atom. The van der Waals surface area contributed by atoms with Gasteiger partial charge in [0.25, 0.3) is 0 Å². The number of carbonyl (C=O) groups excluding carboxylic acids is 1. The molecule has 2 aromatic heterocycles. The van der Waals surface area contributed by atoms with Crippen molar-refractivity contribution in [1.82, 2.24) is 4.98 Å². The van der Waals surface area contributed by atoms with Crippen LogP contribution in [0.5, 0.6) is 5.75 Å². The second-order valence-electron chi connectivity index (χ2n) is 3.30. The minimum atomic E-state index is 0.0877. The van der Waals surface area contributed by atoms with Gasteiger partial charge in [-0.05, 0) is 31.2 Å². The summed E-state index contributed by atoms with van der Waals surface area (Å²) in [5.74, 6) is 0.817. The summed E-state index contributed by atoms with van der Waals surface area (Å²) in [7, 11) is 1.61. The Kier molecular flexibility index (Phi) is 3.01. The lowest BCUT2D eigenvalue weighted by Gasteiger charge is -1.99. The Morgan fingerprint density at radius 2 is 2.12 bits per heavy atom. The molecule has 0 amide bonds. The lowest BCUT2D eigenvalue weighted by molar-refractivity contribution is 0.102. The standard InChI is InChI=1S/C12H11NO2S/c1-8(14)11-5-6-12(16-11)10-4-3-9(15-2)7-13-10/h3-7H,1-2H3. The molecule has 3 nitrogen and oxygen atoms in total. The molecule has 2 heterocycles. The van der Waals surface area contributed by atoms with Gasteiger partial charge in [0, 0.05) is 0 Å². The molecule has 0 aromatic carbocycles. The predicted molar refractivity (Wildman–Crippen MR) is 64.1 cm³/mol. The topological polar surface area (TPSA) is 39.2 Å². The third kappa shape index (κ3) is 2.12. The van der Waals surface area contributed by atoms with Crippen molar-refractivity contribution in [2.24, 2.45) is 0 Å². The summed E-state index contributed by atoms with van der Waals surface area (Å²) in [6, 6.07) is 7.48. The minimum absolute atomic E-state index is 0.0877. The Labute approximate surface area is 97.7 Å². The number of thiophene rings is 1. The van der Waals surface area contributed by atoms with Crippen LogP contribution in [0.25, 0.3) is 10.6 Å². The number of pyridine rings is 1. The maximum atomic E-state index is 11.2. The largest absolute Gasteiger partial charge is 0.495 e. The van der Waals surface area contributed by atoms with Gasteiger partial charge in [-0.1, -0.05) is 0 Å². The van der Waals surface area contributed by atoms with E-state index in [-0.39, 0.29) is 5.78 Å². The molecular formula is C12H11NO2S. The predicted octanol–water partition coefficient (Wildman–Crippen LogP) is 3.02. The fraction of sp³-hybridized carbons (Fsp3) is 0.167. The molecule has 2 aromatic rings. The Bertz CT molecular complexity index is 502. The summed E-state index contributed by atoms with van der Waals surface area (Å²) < 4.78 is 5.04. The third-order valence-corrected chi connectivity index (χ3v) is 3.39. The van der Waals surface area contributed by atoms with E-state index < -0.39 is 0 Å². The number of methoxy groups -OCH3 is 1. The maximum Gasteiger partial charge on any atom is 0.169 e. The first-order chi connectivity index (χ1) is 7.70. The van der Waals surface area contributed by atoms with Gasteiger partial charge < -0.3 is 4.74 Å². The van der Waals surface area contributed by atoms with Gasteiger partial charge in [0.1, 0.15) is 5.75 Å². The first kappa shape index (κ1) is 10.8. The minimum Gasteiger partial charge on any atom is -0.495 e. The third-order valence-electron chi connectivity index (χ3n) is 2.18. The summed E-state index contributed by atoms with van der Waals surface area (Å²) in [6.45, 7) is 1.57. The normalized spacial score (nSPS) is 10.1. The van der Waals surface area contributed by atoms with Crippen molar-refractivity contribution in [3.63, 3.8) is 0 Å². The van der Waals surface area contributed by atoms with Crippen LogP contribution in [0.1, 0.15) is 16.6 Å². The van der Waals surface area contributed by atoms with Crippen molar-refractivity contribution in [1.29, 1.82) is 0 Å². The van der Waals surface area contributed by atoms with Gasteiger partial charge in [0.2, 0.25) is 0 Å². The van der Waals surface area contributed by atoms with Crippen molar-refractivity contribution in [2.45, 2.75) is 6.92 Å². The van der Waals surface area contributed by atoms with E-state index >= 15 is 0 Å². The van der Waals surface area contributed by atoms with Gasteiger partial charge in [-0.2, -0.15) is 0 Å². The fourth-order valence-electron chi connectivity index (χ4n) is 1.31. The first-order valence-corrected chi connectivity index (χ1v) is 5.63. The van der Waals surface area contributed by atoms with Gasteiger partial charge in [-0.25, -0.2) is 0 Å². The summed E-state index contributed by atoms with van der Waals surface area (Å²) in [5.41, 5.74) is 0.860. The van der Waals surface area contributed by atoms with Crippen LogP contribution in [0.15, 0.2) is 30.5 Å². The molecule has 2 rings (SSSR count). The number of aromatic nitrogens is 1. The molecule has 0 saturated heterocycles. The average Bonchev–Trinajstić information content (AvgIpc) is 2.78. The van der Waals surface area contributed by atoms with Gasteiger partial charge in [0.15, 0.2) is 5.78 Å². The molecule has 0 saturated carbocycles. The van der Waals surface area contributed by atoms with Crippen molar-refractivity contribution in [2.75, 3.05) is 7.11 Å². The van der Waals surface area contributed by atoms with Crippen molar-refractivity contribution in [3.8, 4) is 16.3 Å². The van der Waals surface area contributed by atoms with E-state index in [1.54, 1.807) is 20.2 Å². The quantitative estimate of drug-likeness (QED) is 0.765. The lowest BCUT2D eigenvalue weighted by Crippen LogP contribution is -1.85. The molecule has 0 bridgehead atoms. The van der Waals surface area contributed by atoms with Crippen LogP contribution in [0, 0.1) is 0 Å². The number of rotatable bonds is 3. The SMILES string of the molecule is COc1ccc(-c2ccc(C(C)=O)s2)nc1. The molecule has 0 aliphatic heterocycles. The van der Waals surface area contributed by atoms with E-state index in [2.05, 4.69) is 4.98 Å². The molecule has 0 aliphatic carbocycles. The van der Waals surface area contributed by atoms with Crippen LogP contribution in [0.3, 0.4) is 0 Å². The second-order valence-corrected chi connectivity index (χ2v) is 4.39. The van der Waals surface area contributed by atoms with E-state index in [9.17, 15) is 4.79 Å². The van der Waals surface area contributed by atoms with Crippen LogP contribution in [0.2, 0.25) is 0 Å². The van der Waals surface area contributed by atoms with Crippen LogP contribution in [0.4, 0.5) is 0 Å². The van der Waals surface area contributed by atoms with Crippen LogP contribution < -0.4 is 4.74 Å². The molecule has 0 radical (unpaired) electrons. The van der Waals surface area contributed by atoms with E-state index in [0.29, 0.717) is 0 Å².